The van der Waals surface area contributed by atoms with Gasteiger partial charge in [-0.1, -0.05) is 86.5 Å². The number of para-hydroxylation sites is 2. The molecule has 1 aromatic heterocycles. The summed E-state index contributed by atoms with van der Waals surface area (Å²) in [5.74, 6) is -0.155. The number of amides is 1. The lowest BCUT2D eigenvalue weighted by atomic mass is 9.89. The first-order valence-electron chi connectivity index (χ1n) is 16.0. The van der Waals surface area contributed by atoms with Gasteiger partial charge in [0.2, 0.25) is 0 Å². The molecule has 2 N–H and O–H groups in total. The molecule has 4 atom stereocenters. The van der Waals surface area contributed by atoms with E-state index in [9.17, 15) is 9.90 Å². The van der Waals surface area contributed by atoms with Gasteiger partial charge >= 0.3 is 0 Å². The Morgan fingerprint density at radius 1 is 0.978 bits per heavy atom. The monoisotopic (exact) mass is 606 g/mol. The van der Waals surface area contributed by atoms with Crippen LogP contribution >= 0.6 is 0 Å². The SMILES string of the molecule is C=CCN(CC1OC(c2ccc(CNC(=O)c3cnc4ccccc4n3)cc2)OC(c2ccc(CO)cc2)C1C)C1CCCC1. The van der Waals surface area contributed by atoms with Crippen LogP contribution in [0.25, 0.3) is 11.0 Å². The molecule has 45 heavy (non-hydrogen) atoms. The quantitative estimate of drug-likeness (QED) is 0.194. The first-order valence-corrected chi connectivity index (χ1v) is 16.0. The van der Waals surface area contributed by atoms with E-state index in [2.05, 4.69) is 45.8 Å². The lowest BCUT2D eigenvalue weighted by Gasteiger charge is -2.43. The van der Waals surface area contributed by atoms with E-state index in [1.165, 1.54) is 31.9 Å². The molecule has 4 unspecified atom stereocenters. The minimum absolute atomic E-state index is 0.0100. The number of hydrogen-bond donors (Lipinski definition) is 2. The molecular formula is C37H42N4O4. The standard InChI is InChI=1S/C37H42N4O4/c1-3-20-41(30-8-4-5-9-30)23-34-25(2)35(28-16-14-27(24-42)15-17-28)45-37(44-34)29-18-12-26(13-19-29)21-39-36(43)33-22-38-31-10-6-7-11-32(31)40-33/h3,6-7,10-19,22,25,30,34-35,37,42H,1,4-5,8-9,20-21,23-24H2,2H3,(H,39,43). The minimum atomic E-state index is -0.542. The Labute approximate surface area is 265 Å². The predicted molar refractivity (Wildman–Crippen MR) is 174 cm³/mol. The zero-order valence-electron chi connectivity index (χ0n) is 25.8. The van der Waals surface area contributed by atoms with Crippen molar-refractivity contribution in [2.24, 2.45) is 5.92 Å². The molecule has 234 valence electrons. The van der Waals surface area contributed by atoms with Gasteiger partial charge in [-0.2, -0.15) is 0 Å². The number of ether oxygens (including phenoxy) is 2. The van der Waals surface area contributed by atoms with Crippen molar-refractivity contribution >= 4 is 16.9 Å². The number of aliphatic hydroxyl groups is 1. The topological polar surface area (TPSA) is 96.8 Å². The highest BCUT2D eigenvalue weighted by Crippen LogP contribution is 2.42. The van der Waals surface area contributed by atoms with Gasteiger partial charge < -0.3 is 19.9 Å². The molecule has 0 bridgehead atoms. The highest BCUT2D eigenvalue weighted by molar-refractivity contribution is 5.93. The van der Waals surface area contributed by atoms with E-state index in [0.29, 0.717) is 18.1 Å². The van der Waals surface area contributed by atoms with E-state index < -0.39 is 6.29 Å². The molecule has 8 nitrogen and oxygen atoms in total. The number of carbonyl (C=O) groups excluding carboxylic acids is 1. The molecule has 2 heterocycles. The number of nitrogens with zero attached hydrogens (tertiary/aromatic N) is 3. The highest BCUT2D eigenvalue weighted by Gasteiger charge is 2.40. The van der Waals surface area contributed by atoms with Crippen LogP contribution in [-0.4, -0.2) is 51.1 Å². The maximum absolute atomic E-state index is 12.8. The number of aromatic nitrogens is 2. The molecule has 3 aromatic carbocycles. The van der Waals surface area contributed by atoms with E-state index in [1.807, 2.05) is 66.7 Å². The summed E-state index contributed by atoms with van der Waals surface area (Å²) in [4.78, 5) is 24.1. The molecule has 1 saturated heterocycles. The number of carbonyl (C=O) groups is 1. The van der Waals surface area contributed by atoms with Gasteiger partial charge in [-0.15, -0.1) is 6.58 Å². The van der Waals surface area contributed by atoms with Crippen LogP contribution in [0.4, 0.5) is 0 Å². The van der Waals surface area contributed by atoms with Crippen LogP contribution in [0.3, 0.4) is 0 Å². The maximum atomic E-state index is 12.8. The van der Waals surface area contributed by atoms with E-state index >= 15 is 0 Å². The number of nitrogens with one attached hydrogen (secondary N) is 1. The molecule has 1 aliphatic carbocycles. The molecule has 4 aromatic rings. The first kappa shape index (κ1) is 31.0. The second-order valence-electron chi connectivity index (χ2n) is 12.2. The number of aliphatic hydroxyl groups excluding tert-OH is 1. The summed E-state index contributed by atoms with van der Waals surface area (Å²) < 4.78 is 13.4. The van der Waals surface area contributed by atoms with Crippen molar-refractivity contribution < 1.29 is 19.4 Å². The van der Waals surface area contributed by atoms with Gasteiger partial charge in [0.05, 0.1) is 36.0 Å². The van der Waals surface area contributed by atoms with Gasteiger partial charge in [0, 0.05) is 37.2 Å². The summed E-state index contributed by atoms with van der Waals surface area (Å²) in [6, 6.07) is 24.1. The van der Waals surface area contributed by atoms with Crippen LogP contribution in [0.2, 0.25) is 0 Å². The van der Waals surface area contributed by atoms with Crippen molar-refractivity contribution in [1.82, 2.24) is 20.2 Å². The second-order valence-corrected chi connectivity index (χ2v) is 12.2. The molecule has 0 spiro atoms. The second kappa shape index (κ2) is 14.4. The summed E-state index contributed by atoms with van der Waals surface area (Å²) >= 11 is 0. The number of hydrogen-bond acceptors (Lipinski definition) is 7. The van der Waals surface area contributed by atoms with Crippen LogP contribution < -0.4 is 5.32 Å². The highest BCUT2D eigenvalue weighted by atomic mass is 16.7. The van der Waals surface area contributed by atoms with Crippen LogP contribution in [0.5, 0.6) is 0 Å². The lowest BCUT2D eigenvalue weighted by Crippen LogP contribution is -2.47. The zero-order valence-corrected chi connectivity index (χ0v) is 25.8. The Balaban J connectivity index is 1.17. The van der Waals surface area contributed by atoms with Crippen LogP contribution in [0, 0.1) is 5.92 Å². The Kier molecular flexibility index (Phi) is 9.96. The van der Waals surface area contributed by atoms with Gasteiger partial charge in [-0.05, 0) is 41.7 Å². The molecule has 8 heteroatoms. The normalized spacial score (nSPS) is 22.1. The Morgan fingerprint density at radius 3 is 2.38 bits per heavy atom. The van der Waals surface area contributed by atoms with Crippen molar-refractivity contribution in [3.63, 3.8) is 0 Å². The summed E-state index contributed by atoms with van der Waals surface area (Å²) in [6.07, 6.45) is 7.71. The number of rotatable bonds is 11. The molecule has 1 amide bonds. The van der Waals surface area contributed by atoms with Crippen molar-refractivity contribution in [3.05, 3.63) is 120 Å². The van der Waals surface area contributed by atoms with Crippen molar-refractivity contribution in [2.75, 3.05) is 13.1 Å². The van der Waals surface area contributed by atoms with Gasteiger partial charge in [0.25, 0.3) is 5.91 Å². The fraction of sp³-hybridized carbons (Fsp3) is 0.378. The average molecular weight is 607 g/mol. The Bertz CT molecular complexity index is 1590. The minimum Gasteiger partial charge on any atom is -0.392 e. The number of fused-ring (bicyclic) bond motifs is 1. The summed E-state index contributed by atoms with van der Waals surface area (Å²) in [7, 11) is 0. The Morgan fingerprint density at radius 2 is 1.67 bits per heavy atom. The molecular weight excluding hydrogens is 564 g/mol. The molecule has 2 aliphatic rings. The van der Waals surface area contributed by atoms with Crippen LogP contribution in [0.15, 0.2) is 91.6 Å². The average Bonchev–Trinajstić information content (AvgIpc) is 3.63. The molecule has 6 rings (SSSR count). The van der Waals surface area contributed by atoms with E-state index in [4.69, 9.17) is 9.47 Å². The maximum Gasteiger partial charge on any atom is 0.271 e. The summed E-state index contributed by atoms with van der Waals surface area (Å²) in [6.45, 7) is 8.25. The van der Waals surface area contributed by atoms with E-state index in [0.717, 1.165) is 40.9 Å². The fourth-order valence-corrected chi connectivity index (χ4v) is 6.50. The van der Waals surface area contributed by atoms with Crippen LogP contribution in [0.1, 0.15) is 77.7 Å². The first-order chi connectivity index (χ1) is 22.0. The third-order valence-corrected chi connectivity index (χ3v) is 9.13. The smallest absolute Gasteiger partial charge is 0.271 e. The van der Waals surface area contributed by atoms with E-state index in [-0.39, 0.29) is 36.3 Å². The molecule has 1 saturated carbocycles. The third-order valence-electron chi connectivity index (χ3n) is 9.13. The predicted octanol–water partition coefficient (Wildman–Crippen LogP) is 6.27. The van der Waals surface area contributed by atoms with Gasteiger partial charge in [-0.25, -0.2) is 4.98 Å². The third kappa shape index (κ3) is 7.31. The summed E-state index contributed by atoms with van der Waals surface area (Å²) in [5.41, 5.74) is 5.56. The van der Waals surface area contributed by atoms with Crippen LogP contribution in [-0.2, 0) is 22.6 Å². The molecule has 1 aliphatic heterocycles. The number of benzene rings is 3. The van der Waals surface area contributed by atoms with Crippen molar-refractivity contribution in [2.45, 2.75) is 70.3 Å². The molecule has 2 fully saturated rings. The summed E-state index contributed by atoms with van der Waals surface area (Å²) in [5, 5.41) is 12.5. The van der Waals surface area contributed by atoms with E-state index in [1.54, 1.807) is 0 Å². The fourth-order valence-electron chi connectivity index (χ4n) is 6.50. The largest absolute Gasteiger partial charge is 0.392 e. The van der Waals surface area contributed by atoms with Gasteiger partial charge in [-0.3, -0.25) is 14.7 Å². The Hall–Kier alpha value is -3.95. The van der Waals surface area contributed by atoms with Gasteiger partial charge in [0.1, 0.15) is 5.69 Å². The van der Waals surface area contributed by atoms with Crippen molar-refractivity contribution in [3.8, 4) is 0 Å². The van der Waals surface area contributed by atoms with Gasteiger partial charge in [0.15, 0.2) is 6.29 Å². The zero-order chi connectivity index (χ0) is 31.2. The molecule has 0 radical (unpaired) electrons. The lowest BCUT2D eigenvalue weighted by molar-refractivity contribution is -0.276. The van der Waals surface area contributed by atoms with Crippen molar-refractivity contribution in [1.29, 1.82) is 0 Å².